The predicted octanol–water partition coefficient (Wildman–Crippen LogP) is 12.4. The zero-order valence-electron chi connectivity index (χ0n) is 26.3. The first-order valence-electron chi connectivity index (χ1n) is 16.6. The highest BCUT2D eigenvalue weighted by atomic mass is 15.1. The van der Waals surface area contributed by atoms with Crippen molar-refractivity contribution in [1.82, 2.24) is 4.57 Å². The molecular formula is C45H34N2. The molecule has 0 spiro atoms. The van der Waals surface area contributed by atoms with E-state index in [-0.39, 0.29) is 0 Å². The summed E-state index contributed by atoms with van der Waals surface area (Å²) < 4.78 is 2.40. The third-order valence-electron chi connectivity index (χ3n) is 9.85. The van der Waals surface area contributed by atoms with Gasteiger partial charge in [-0.2, -0.15) is 0 Å². The molecule has 7 aromatic carbocycles. The van der Waals surface area contributed by atoms with Gasteiger partial charge in [0.05, 0.1) is 11.0 Å². The Bertz CT molecular complexity index is 2390. The van der Waals surface area contributed by atoms with Crippen molar-refractivity contribution < 1.29 is 0 Å². The Balaban J connectivity index is 1.25. The van der Waals surface area contributed by atoms with E-state index >= 15 is 0 Å². The number of fused-ring (bicyclic) bond motifs is 6. The number of aromatic nitrogens is 1. The van der Waals surface area contributed by atoms with Crippen molar-refractivity contribution in [2.24, 2.45) is 0 Å². The van der Waals surface area contributed by atoms with Crippen LogP contribution in [0.4, 0.5) is 17.1 Å². The molecule has 1 heterocycles. The fraction of sp³-hybridized carbons (Fsp3) is 0.0667. The van der Waals surface area contributed by atoms with Crippen molar-refractivity contribution in [2.45, 2.75) is 19.3 Å². The summed E-state index contributed by atoms with van der Waals surface area (Å²) in [6.45, 7) is 2.32. The van der Waals surface area contributed by atoms with E-state index in [0.29, 0.717) is 5.92 Å². The van der Waals surface area contributed by atoms with Crippen molar-refractivity contribution in [3.8, 4) is 27.9 Å². The average Bonchev–Trinajstić information content (AvgIpc) is 3.65. The van der Waals surface area contributed by atoms with Gasteiger partial charge in [0, 0.05) is 39.4 Å². The number of nitrogens with zero attached hydrogens (tertiary/aromatic N) is 2. The third-order valence-corrected chi connectivity index (χ3v) is 9.85. The highest BCUT2D eigenvalue weighted by molar-refractivity contribution is 6.10. The lowest BCUT2D eigenvalue weighted by Gasteiger charge is -2.27. The number of hydrogen-bond donors (Lipinski definition) is 0. The molecule has 1 aromatic heterocycles. The Morgan fingerprint density at radius 2 is 1.15 bits per heavy atom. The number of para-hydroxylation sites is 3. The summed E-state index contributed by atoms with van der Waals surface area (Å²) in [5.74, 6) is 0.351. The van der Waals surface area contributed by atoms with E-state index in [1.807, 2.05) is 0 Å². The van der Waals surface area contributed by atoms with Crippen LogP contribution in [-0.2, 0) is 0 Å². The van der Waals surface area contributed by atoms with E-state index in [2.05, 4.69) is 186 Å². The molecule has 0 fully saturated rings. The fourth-order valence-corrected chi connectivity index (χ4v) is 7.81. The molecule has 224 valence electrons. The maximum absolute atomic E-state index is 2.45. The van der Waals surface area contributed by atoms with Crippen LogP contribution in [-0.4, -0.2) is 4.57 Å². The molecule has 0 amide bonds. The minimum absolute atomic E-state index is 0.351. The Kier molecular flexibility index (Phi) is 6.53. The van der Waals surface area contributed by atoms with Gasteiger partial charge in [0.15, 0.2) is 0 Å². The van der Waals surface area contributed by atoms with Crippen LogP contribution in [0.5, 0.6) is 0 Å². The highest BCUT2D eigenvalue weighted by Gasteiger charge is 2.31. The van der Waals surface area contributed by atoms with Crippen LogP contribution in [0.15, 0.2) is 170 Å². The summed E-state index contributed by atoms with van der Waals surface area (Å²) in [4.78, 5) is 2.42. The minimum atomic E-state index is 0.351. The van der Waals surface area contributed by atoms with E-state index < -0.39 is 0 Å². The molecule has 9 rings (SSSR count). The standard InChI is InChI=1S/C45H34N2/c1-2-36-40-23-14-22-37(31-15-6-3-7-16-31)45(40)41-28-26-34(29-42(36)41)46(32-17-8-4-9-18-32)35-25-27-39-38-21-12-13-24-43(38)47(44(39)30-35)33-19-10-5-11-20-33/h3-30,36H,2H2,1H3. The largest absolute Gasteiger partial charge is 0.310 e. The van der Waals surface area contributed by atoms with Crippen LogP contribution in [0, 0.1) is 0 Å². The van der Waals surface area contributed by atoms with Crippen molar-refractivity contribution in [3.05, 3.63) is 181 Å². The van der Waals surface area contributed by atoms with E-state index in [1.54, 1.807) is 0 Å². The Morgan fingerprint density at radius 3 is 1.94 bits per heavy atom. The summed E-state index contributed by atoms with van der Waals surface area (Å²) in [6, 6.07) is 61.9. The molecule has 47 heavy (non-hydrogen) atoms. The second kappa shape index (κ2) is 11.2. The zero-order chi connectivity index (χ0) is 31.3. The van der Waals surface area contributed by atoms with Crippen LogP contribution in [0.25, 0.3) is 49.7 Å². The molecule has 1 unspecified atom stereocenters. The minimum Gasteiger partial charge on any atom is -0.310 e. The van der Waals surface area contributed by atoms with Crippen molar-refractivity contribution in [1.29, 1.82) is 0 Å². The molecule has 1 atom stereocenters. The highest BCUT2D eigenvalue weighted by Crippen LogP contribution is 2.52. The smallest absolute Gasteiger partial charge is 0.0561 e. The van der Waals surface area contributed by atoms with Gasteiger partial charge in [-0.15, -0.1) is 0 Å². The van der Waals surface area contributed by atoms with Gasteiger partial charge in [0.1, 0.15) is 0 Å². The van der Waals surface area contributed by atoms with Gasteiger partial charge < -0.3 is 9.47 Å². The van der Waals surface area contributed by atoms with Gasteiger partial charge in [-0.1, -0.05) is 122 Å². The van der Waals surface area contributed by atoms with Crippen LogP contribution in [0.2, 0.25) is 0 Å². The summed E-state index contributed by atoms with van der Waals surface area (Å²) >= 11 is 0. The topological polar surface area (TPSA) is 8.17 Å². The third kappa shape index (κ3) is 4.40. The first kappa shape index (κ1) is 27.5. The second-order valence-corrected chi connectivity index (χ2v) is 12.4. The van der Waals surface area contributed by atoms with Gasteiger partial charge >= 0.3 is 0 Å². The molecule has 0 saturated heterocycles. The van der Waals surface area contributed by atoms with Crippen LogP contribution < -0.4 is 4.90 Å². The van der Waals surface area contributed by atoms with Crippen molar-refractivity contribution in [3.63, 3.8) is 0 Å². The van der Waals surface area contributed by atoms with Crippen molar-refractivity contribution in [2.75, 3.05) is 4.90 Å². The van der Waals surface area contributed by atoms with E-state index in [1.165, 1.54) is 60.9 Å². The van der Waals surface area contributed by atoms with Crippen LogP contribution in [0.1, 0.15) is 30.4 Å². The van der Waals surface area contributed by atoms with E-state index in [9.17, 15) is 0 Å². The number of rotatable bonds is 6. The SMILES string of the molecule is CCC1c2cc(N(c3ccccc3)c3ccc4c5ccccc5n(-c5ccccc5)c4c3)ccc2-c2c(-c3ccccc3)cccc21. The quantitative estimate of drug-likeness (QED) is 0.184. The lowest BCUT2D eigenvalue weighted by atomic mass is 9.92. The summed E-state index contributed by atoms with van der Waals surface area (Å²) in [7, 11) is 0. The van der Waals surface area contributed by atoms with Crippen molar-refractivity contribution >= 4 is 38.9 Å². The molecule has 8 aromatic rings. The number of hydrogen-bond acceptors (Lipinski definition) is 1. The van der Waals surface area contributed by atoms with E-state index in [4.69, 9.17) is 0 Å². The van der Waals surface area contributed by atoms with E-state index in [0.717, 1.165) is 23.5 Å². The molecule has 0 N–H and O–H groups in total. The summed E-state index contributed by atoms with van der Waals surface area (Å²) in [5.41, 5.74) is 15.2. The molecule has 1 aliphatic rings. The Morgan fingerprint density at radius 1 is 0.489 bits per heavy atom. The first-order chi connectivity index (χ1) is 23.3. The number of benzene rings is 7. The van der Waals surface area contributed by atoms with Gasteiger partial charge in [0.25, 0.3) is 0 Å². The summed E-state index contributed by atoms with van der Waals surface area (Å²) in [6.07, 6.45) is 1.05. The normalized spacial score (nSPS) is 13.5. The lowest BCUT2D eigenvalue weighted by molar-refractivity contribution is 0.797. The maximum atomic E-state index is 2.45. The monoisotopic (exact) mass is 602 g/mol. The fourth-order valence-electron chi connectivity index (χ4n) is 7.81. The van der Waals surface area contributed by atoms with Gasteiger partial charge in [0.2, 0.25) is 0 Å². The molecular weight excluding hydrogens is 569 g/mol. The number of anilines is 3. The van der Waals surface area contributed by atoms with Crippen LogP contribution >= 0.6 is 0 Å². The Hall–Kier alpha value is -5.86. The zero-order valence-corrected chi connectivity index (χ0v) is 26.3. The lowest BCUT2D eigenvalue weighted by Crippen LogP contribution is -2.10. The molecule has 0 aliphatic heterocycles. The predicted molar refractivity (Wildman–Crippen MR) is 198 cm³/mol. The molecule has 2 heteroatoms. The second-order valence-electron chi connectivity index (χ2n) is 12.4. The molecule has 0 radical (unpaired) electrons. The van der Waals surface area contributed by atoms with Crippen LogP contribution in [0.3, 0.4) is 0 Å². The van der Waals surface area contributed by atoms with Gasteiger partial charge in [-0.05, 0) is 94.4 Å². The Labute approximate surface area is 275 Å². The molecule has 0 bridgehead atoms. The molecule has 1 aliphatic carbocycles. The molecule has 0 saturated carbocycles. The average molecular weight is 603 g/mol. The van der Waals surface area contributed by atoms with Gasteiger partial charge in [-0.3, -0.25) is 0 Å². The summed E-state index contributed by atoms with van der Waals surface area (Å²) in [5, 5.41) is 2.52. The maximum Gasteiger partial charge on any atom is 0.0561 e. The molecule has 2 nitrogen and oxygen atoms in total. The first-order valence-corrected chi connectivity index (χ1v) is 16.6. The van der Waals surface area contributed by atoms with Gasteiger partial charge in [-0.25, -0.2) is 0 Å².